The molecule has 0 aliphatic carbocycles. The number of fused-ring (bicyclic) bond motifs is 1. The summed E-state index contributed by atoms with van der Waals surface area (Å²) in [5.41, 5.74) is 1.80. The smallest absolute Gasteiger partial charge is 0.227 e. The van der Waals surface area contributed by atoms with Crippen LogP contribution in [0.5, 0.6) is 5.75 Å². The second-order valence-electron chi connectivity index (χ2n) is 6.99. The summed E-state index contributed by atoms with van der Waals surface area (Å²) in [7, 11) is 0. The quantitative estimate of drug-likeness (QED) is 0.794. The van der Waals surface area contributed by atoms with E-state index in [-0.39, 0.29) is 31.3 Å². The minimum absolute atomic E-state index is 0.0331. The Morgan fingerprint density at radius 1 is 1.14 bits per heavy atom. The van der Waals surface area contributed by atoms with Crippen molar-refractivity contribution in [2.75, 3.05) is 37.9 Å². The Hall–Kier alpha value is -3.18. The Bertz CT molecular complexity index is 982. The molecule has 1 amide bonds. The van der Waals surface area contributed by atoms with Crippen LogP contribution in [0.3, 0.4) is 0 Å². The first-order valence-corrected chi connectivity index (χ1v) is 9.29. The molecule has 2 aliphatic heterocycles. The number of carbonyl (C=O) groups is 1. The normalized spacial score (nSPS) is 16.0. The maximum absolute atomic E-state index is 14.2. The van der Waals surface area contributed by atoms with Crippen LogP contribution in [0.25, 0.3) is 0 Å². The molecule has 8 heteroatoms. The van der Waals surface area contributed by atoms with E-state index in [9.17, 15) is 13.6 Å². The van der Waals surface area contributed by atoms with Gasteiger partial charge < -0.3 is 19.3 Å². The van der Waals surface area contributed by atoms with Crippen LogP contribution in [-0.4, -0.2) is 43.8 Å². The number of rotatable bonds is 3. The monoisotopic (exact) mass is 399 g/mol. The lowest BCUT2D eigenvalue weighted by Crippen LogP contribution is -2.49. The first kappa shape index (κ1) is 19.2. The number of nitriles is 1. The zero-order valence-corrected chi connectivity index (χ0v) is 15.7. The molecule has 0 radical (unpaired) electrons. The van der Waals surface area contributed by atoms with Gasteiger partial charge in [0.05, 0.1) is 30.3 Å². The lowest BCUT2D eigenvalue weighted by Gasteiger charge is -2.36. The number of piperazine rings is 1. The van der Waals surface area contributed by atoms with E-state index < -0.39 is 11.6 Å². The third kappa shape index (κ3) is 4.00. The van der Waals surface area contributed by atoms with E-state index >= 15 is 0 Å². The number of nitrogens with zero attached hydrogens (tertiary/aromatic N) is 3. The first-order chi connectivity index (χ1) is 14.0. The van der Waals surface area contributed by atoms with Crippen molar-refractivity contribution in [2.24, 2.45) is 0 Å². The molecule has 0 spiro atoms. The maximum Gasteiger partial charge on any atom is 0.227 e. The molecule has 0 atom stereocenters. The summed E-state index contributed by atoms with van der Waals surface area (Å²) in [6, 6.07) is 8.97. The number of anilines is 1. The van der Waals surface area contributed by atoms with E-state index in [4.69, 9.17) is 14.7 Å². The highest BCUT2D eigenvalue weighted by Crippen LogP contribution is 2.30. The van der Waals surface area contributed by atoms with Crippen LogP contribution in [0.2, 0.25) is 0 Å². The Morgan fingerprint density at radius 2 is 1.93 bits per heavy atom. The van der Waals surface area contributed by atoms with Crippen molar-refractivity contribution < 1.29 is 23.0 Å². The van der Waals surface area contributed by atoms with E-state index in [1.165, 1.54) is 18.2 Å². The Kier molecular flexibility index (Phi) is 5.32. The van der Waals surface area contributed by atoms with Gasteiger partial charge in [0.1, 0.15) is 17.4 Å². The Labute approximate surface area is 166 Å². The third-order valence-electron chi connectivity index (χ3n) is 5.14. The van der Waals surface area contributed by atoms with E-state index in [1.807, 2.05) is 11.0 Å². The molecule has 0 aromatic heterocycles. The van der Waals surface area contributed by atoms with Crippen molar-refractivity contribution in [3.8, 4) is 11.8 Å². The first-order valence-electron chi connectivity index (χ1n) is 9.29. The van der Waals surface area contributed by atoms with Crippen LogP contribution in [0.1, 0.15) is 16.7 Å². The molecule has 29 heavy (non-hydrogen) atoms. The van der Waals surface area contributed by atoms with E-state index in [0.29, 0.717) is 48.7 Å². The Morgan fingerprint density at radius 3 is 2.66 bits per heavy atom. The largest absolute Gasteiger partial charge is 0.467 e. The Balaban J connectivity index is 1.41. The standard InChI is InChI=1S/C21H19F2N3O3/c22-17-8-15(21-16(9-17)12-28-13-29-21)10-20(27)26-5-3-25(4-6-26)19-2-1-14(11-24)7-18(19)23/h1-2,7-9H,3-6,10,12-13H2. The molecule has 0 N–H and O–H groups in total. The summed E-state index contributed by atoms with van der Waals surface area (Å²) in [6.45, 7) is 2.14. The topological polar surface area (TPSA) is 65.8 Å². The summed E-state index contributed by atoms with van der Waals surface area (Å²) in [6.07, 6.45) is 0.0331. The van der Waals surface area contributed by atoms with Gasteiger partial charge in [-0.05, 0) is 30.3 Å². The lowest BCUT2D eigenvalue weighted by molar-refractivity contribution is -0.130. The molecule has 0 bridgehead atoms. The van der Waals surface area contributed by atoms with Gasteiger partial charge in [-0.3, -0.25) is 4.79 Å². The molecular weight excluding hydrogens is 380 g/mol. The summed E-state index contributed by atoms with van der Waals surface area (Å²) in [5.74, 6) is -0.492. The predicted octanol–water partition coefficient (Wildman–Crippen LogP) is 2.59. The second-order valence-corrected chi connectivity index (χ2v) is 6.99. The van der Waals surface area contributed by atoms with Gasteiger partial charge in [0.2, 0.25) is 5.91 Å². The van der Waals surface area contributed by atoms with Crippen molar-refractivity contribution in [3.05, 3.63) is 58.7 Å². The number of carbonyl (C=O) groups excluding carboxylic acids is 1. The number of amides is 1. The van der Waals surface area contributed by atoms with Crippen molar-refractivity contribution in [1.29, 1.82) is 5.26 Å². The van der Waals surface area contributed by atoms with Gasteiger partial charge in [0.25, 0.3) is 0 Å². The highest BCUT2D eigenvalue weighted by molar-refractivity contribution is 5.80. The number of ether oxygens (including phenoxy) is 2. The summed E-state index contributed by atoms with van der Waals surface area (Å²) >= 11 is 0. The van der Waals surface area contributed by atoms with Crippen LogP contribution >= 0.6 is 0 Å². The van der Waals surface area contributed by atoms with Gasteiger partial charge in [-0.1, -0.05) is 0 Å². The number of halogens is 2. The van der Waals surface area contributed by atoms with E-state index in [1.54, 1.807) is 17.0 Å². The van der Waals surface area contributed by atoms with Gasteiger partial charge in [-0.25, -0.2) is 8.78 Å². The van der Waals surface area contributed by atoms with Crippen molar-refractivity contribution in [1.82, 2.24) is 4.90 Å². The van der Waals surface area contributed by atoms with Crippen LogP contribution < -0.4 is 9.64 Å². The number of hydrogen-bond donors (Lipinski definition) is 0. The van der Waals surface area contributed by atoms with Crippen molar-refractivity contribution in [3.63, 3.8) is 0 Å². The number of hydrogen-bond acceptors (Lipinski definition) is 5. The average molecular weight is 399 g/mol. The van der Waals surface area contributed by atoms with Crippen molar-refractivity contribution >= 4 is 11.6 Å². The highest BCUT2D eigenvalue weighted by Gasteiger charge is 2.25. The molecule has 1 saturated heterocycles. The molecule has 2 aliphatic rings. The minimum Gasteiger partial charge on any atom is -0.467 e. The van der Waals surface area contributed by atoms with Crippen molar-refractivity contribution in [2.45, 2.75) is 13.0 Å². The van der Waals surface area contributed by atoms with Gasteiger partial charge in [0, 0.05) is 37.3 Å². The van der Waals surface area contributed by atoms with Crippen LogP contribution in [0.4, 0.5) is 14.5 Å². The minimum atomic E-state index is -0.449. The SMILES string of the molecule is N#Cc1ccc(N2CCN(C(=O)Cc3cc(F)cc4c3OCOC4)CC2)c(F)c1. The highest BCUT2D eigenvalue weighted by atomic mass is 19.1. The fourth-order valence-electron chi connectivity index (χ4n) is 3.69. The fraction of sp³-hybridized carbons (Fsp3) is 0.333. The fourth-order valence-corrected chi connectivity index (χ4v) is 3.69. The third-order valence-corrected chi connectivity index (χ3v) is 5.14. The summed E-state index contributed by atoms with van der Waals surface area (Å²) < 4.78 is 38.7. The van der Waals surface area contributed by atoms with Crippen LogP contribution in [0, 0.1) is 23.0 Å². The zero-order valence-electron chi connectivity index (χ0n) is 15.7. The zero-order chi connectivity index (χ0) is 20.4. The lowest BCUT2D eigenvalue weighted by atomic mass is 10.0. The maximum atomic E-state index is 14.2. The molecule has 2 aromatic carbocycles. The molecule has 4 rings (SSSR count). The second kappa shape index (κ2) is 8.05. The molecule has 2 heterocycles. The van der Waals surface area contributed by atoms with E-state index in [2.05, 4.69) is 0 Å². The van der Waals surface area contributed by atoms with E-state index in [0.717, 1.165) is 0 Å². The van der Waals surface area contributed by atoms with Gasteiger partial charge >= 0.3 is 0 Å². The van der Waals surface area contributed by atoms with Crippen LogP contribution in [0.15, 0.2) is 30.3 Å². The predicted molar refractivity (Wildman–Crippen MR) is 100 cm³/mol. The molecule has 0 unspecified atom stereocenters. The molecule has 6 nitrogen and oxygen atoms in total. The molecule has 150 valence electrons. The summed E-state index contributed by atoms with van der Waals surface area (Å²) in [4.78, 5) is 16.3. The molecule has 1 fully saturated rings. The van der Waals surface area contributed by atoms with Gasteiger partial charge in [-0.2, -0.15) is 5.26 Å². The molecule has 0 saturated carbocycles. The van der Waals surface area contributed by atoms with Gasteiger partial charge in [0.15, 0.2) is 6.79 Å². The van der Waals surface area contributed by atoms with Gasteiger partial charge in [-0.15, -0.1) is 0 Å². The number of benzene rings is 2. The molecular formula is C21H19F2N3O3. The van der Waals surface area contributed by atoms with Crippen LogP contribution in [-0.2, 0) is 22.6 Å². The average Bonchev–Trinajstić information content (AvgIpc) is 2.73. The summed E-state index contributed by atoms with van der Waals surface area (Å²) in [5, 5.41) is 8.86. The molecule has 2 aromatic rings.